The second kappa shape index (κ2) is 7.25. The average Bonchev–Trinajstić information content (AvgIpc) is 2.45. The van der Waals surface area contributed by atoms with Crippen LogP contribution in [0.1, 0.15) is 28.4 Å². The van der Waals surface area contributed by atoms with Crippen LogP contribution in [0.5, 0.6) is 0 Å². The number of carbonyl (C=O) groups excluding carboxylic acids is 1. The maximum atomic E-state index is 11.8. The molecule has 4 nitrogen and oxygen atoms in total. The Morgan fingerprint density at radius 2 is 2.10 bits per heavy atom. The van der Waals surface area contributed by atoms with Gasteiger partial charge >= 0.3 is 5.97 Å². The molecular weight excluding hydrogens is 288 g/mol. The van der Waals surface area contributed by atoms with Gasteiger partial charge in [0.05, 0.1) is 5.56 Å². The van der Waals surface area contributed by atoms with Crippen LogP contribution in [-0.4, -0.2) is 49.7 Å². The van der Waals surface area contributed by atoms with E-state index in [1.165, 1.54) is 5.56 Å². The Morgan fingerprint density at radius 3 is 2.86 bits per heavy atom. The number of halogens is 1. The number of esters is 1. The van der Waals surface area contributed by atoms with Gasteiger partial charge in [-0.15, -0.1) is 12.4 Å². The van der Waals surface area contributed by atoms with Crippen molar-refractivity contribution in [1.29, 1.82) is 0 Å². The number of cyclic esters (lactones) is 1. The van der Waals surface area contributed by atoms with Crippen LogP contribution in [0.25, 0.3) is 0 Å². The molecule has 0 bridgehead atoms. The number of piperazine rings is 1. The normalized spacial score (nSPS) is 22.1. The van der Waals surface area contributed by atoms with E-state index in [1.807, 2.05) is 13.0 Å². The number of fused-ring (bicyclic) bond motifs is 1. The van der Waals surface area contributed by atoms with Gasteiger partial charge in [0.25, 0.3) is 0 Å². The SMILES string of the molecule is C[C@@H]1Cc2cc(CCN3CCNCC3)ccc2C(=O)O1.Cl. The fourth-order valence-electron chi connectivity index (χ4n) is 2.99. The van der Waals surface area contributed by atoms with E-state index in [2.05, 4.69) is 22.3 Å². The monoisotopic (exact) mass is 310 g/mol. The molecule has 5 heteroatoms. The van der Waals surface area contributed by atoms with Gasteiger partial charge in [-0.1, -0.05) is 12.1 Å². The number of hydrogen-bond donors (Lipinski definition) is 1. The zero-order valence-electron chi connectivity index (χ0n) is 12.4. The average molecular weight is 311 g/mol. The molecule has 0 radical (unpaired) electrons. The Morgan fingerprint density at radius 1 is 1.33 bits per heavy atom. The van der Waals surface area contributed by atoms with E-state index in [1.54, 1.807) is 0 Å². The highest BCUT2D eigenvalue weighted by Crippen LogP contribution is 2.22. The van der Waals surface area contributed by atoms with Crippen LogP contribution in [0.2, 0.25) is 0 Å². The molecule has 1 saturated heterocycles. The third-order valence-electron chi connectivity index (χ3n) is 4.13. The number of rotatable bonds is 3. The molecule has 0 unspecified atom stereocenters. The summed E-state index contributed by atoms with van der Waals surface area (Å²) in [7, 11) is 0. The third kappa shape index (κ3) is 3.96. The molecule has 0 aliphatic carbocycles. The second-order valence-corrected chi connectivity index (χ2v) is 5.75. The van der Waals surface area contributed by atoms with Crippen LogP contribution in [0, 0.1) is 0 Å². The highest BCUT2D eigenvalue weighted by Gasteiger charge is 2.23. The van der Waals surface area contributed by atoms with Crippen LogP contribution in [-0.2, 0) is 17.6 Å². The summed E-state index contributed by atoms with van der Waals surface area (Å²) in [5.41, 5.74) is 3.21. The molecule has 116 valence electrons. The first-order valence-corrected chi connectivity index (χ1v) is 7.48. The lowest BCUT2D eigenvalue weighted by Crippen LogP contribution is -2.44. The van der Waals surface area contributed by atoms with Crippen molar-refractivity contribution in [2.24, 2.45) is 0 Å². The van der Waals surface area contributed by atoms with Crippen molar-refractivity contribution in [2.75, 3.05) is 32.7 Å². The van der Waals surface area contributed by atoms with E-state index in [4.69, 9.17) is 4.74 Å². The van der Waals surface area contributed by atoms with Crippen LogP contribution in [0.4, 0.5) is 0 Å². The Hall–Kier alpha value is -1.10. The summed E-state index contributed by atoms with van der Waals surface area (Å²) in [5.74, 6) is -0.174. The van der Waals surface area contributed by atoms with E-state index < -0.39 is 0 Å². The molecule has 0 spiro atoms. The minimum atomic E-state index is -0.174. The number of carbonyl (C=O) groups is 1. The first kappa shape index (κ1) is 16.3. The molecule has 1 fully saturated rings. The van der Waals surface area contributed by atoms with Crippen molar-refractivity contribution in [3.8, 4) is 0 Å². The van der Waals surface area contributed by atoms with Crippen molar-refractivity contribution < 1.29 is 9.53 Å². The lowest BCUT2D eigenvalue weighted by atomic mass is 9.96. The third-order valence-corrected chi connectivity index (χ3v) is 4.13. The van der Waals surface area contributed by atoms with Gasteiger partial charge in [0.1, 0.15) is 6.10 Å². The van der Waals surface area contributed by atoms with Crippen LogP contribution < -0.4 is 5.32 Å². The predicted octanol–water partition coefficient (Wildman–Crippen LogP) is 1.66. The fourth-order valence-corrected chi connectivity index (χ4v) is 2.99. The lowest BCUT2D eigenvalue weighted by molar-refractivity contribution is 0.0301. The molecule has 2 heterocycles. The Bertz CT molecular complexity index is 501. The first-order valence-electron chi connectivity index (χ1n) is 7.48. The summed E-state index contributed by atoms with van der Waals surface area (Å²) in [6.07, 6.45) is 1.89. The maximum absolute atomic E-state index is 11.8. The molecule has 1 N–H and O–H groups in total. The van der Waals surface area contributed by atoms with E-state index >= 15 is 0 Å². The van der Waals surface area contributed by atoms with Crippen molar-refractivity contribution in [2.45, 2.75) is 25.9 Å². The molecule has 21 heavy (non-hydrogen) atoms. The van der Waals surface area contributed by atoms with Crippen molar-refractivity contribution >= 4 is 18.4 Å². The smallest absolute Gasteiger partial charge is 0.338 e. The Balaban J connectivity index is 0.00000161. The zero-order valence-corrected chi connectivity index (χ0v) is 13.2. The molecule has 0 aromatic heterocycles. The van der Waals surface area contributed by atoms with E-state index in [9.17, 15) is 4.79 Å². The number of nitrogens with one attached hydrogen (secondary N) is 1. The minimum absolute atomic E-state index is 0. The molecule has 2 aliphatic rings. The summed E-state index contributed by atoms with van der Waals surface area (Å²) >= 11 is 0. The van der Waals surface area contributed by atoms with Gasteiger partial charge in [0.2, 0.25) is 0 Å². The van der Waals surface area contributed by atoms with Crippen LogP contribution >= 0.6 is 12.4 Å². The quantitative estimate of drug-likeness (QED) is 0.862. The molecule has 1 aromatic carbocycles. The Kier molecular flexibility index (Phi) is 5.62. The van der Waals surface area contributed by atoms with Gasteiger partial charge in [0.15, 0.2) is 0 Å². The summed E-state index contributed by atoms with van der Waals surface area (Å²) in [4.78, 5) is 14.3. The maximum Gasteiger partial charge on any atom is 0.338 e. The number of nitrogens with zero attached hydrogens (tertiary/aromatic N) is 1. The highest BCUT2D eigenvalue weighted by molar-refractivity contribution is 5.92. The molecule has 2 aliphatic heterocycles. The van der Waals surface area contributed by atoms with Gasteiger partial charge in [-0.05, 0) is 30.5 Å². The van der Waals surface area contributed by atoms with Gasteiger partial charge in [-0.3, -0.25) is 0 Å². The van der Waals surface area contributed by atoms with E-state index in [0.717, 1.165) is 56.7 Å². The van der Waals surface area contributed by atoms with Crippen molar-refractivity contribution in [1.82, 2.24) is 10.2 Å². The van der Waals surface area contributed by atoms with Crippen molar-refractivity contribution in [3.63, 3.8) is 0 Å². The molecule has 0 amide bonds. The predicted molar refractivity (Wildman–Crippen MR) is 85.3 cm³/mol. The standard InChI is InChI=1S/C16H22N2O2.ClH/c1-12-10-14-11-13(2-3-15(14)16(19)20-12)4-7-18-8-5-17-6-9-18;/h2-3,11-12,17H,4-10H2,1H3;1H/t12-;/m1./s1. The first-order chi connectivity index (χ1) is 9.72. The van der Waals surface area contributed by atoms with Gasteiger partial charge < -0.3 is 15.0 Å². The summed E-state index contributed by atoms with van der Waals surface area (Å²) in [6.45, 7) is 7.50. The highest BCUT2D eigenvalue weighted by atomic mass is 35.5. The largest absolute Gasteiger partial charge is 0.459 e. The Labute approximate surface area is 132 Å². The lowest BCUT2D eigenvalue weighted by Gasteiger charge is -2.27. The van der Waals surface area contributed by atoms with Crippen molar-refractivity contribution in [3.05, 3.63) is 34.9 Å². The second-order valence-electron chi connectivity index (χ2n) is 5.75. The van der Waals surface area contributed by atoms with E-state index in [-0.39, 0.29) is 24.5 Å². The van der Waals surface area contributed by atoms with Gasteiger partial charge in [-0.2, -0.15) is 0 Å². The van der Waals surface area contributed by atoms with Gasteiger partial charge in [-0.25, -0.2) is 4.79 Å². The molecule has 1 aromatic rings. The van der Waals surface area contributed by atoms with E-state index in [0.29, 0.717) is 0 Å². The number of ether oxygens (including phenoxy) is 1. The fraction of sp³-hybridized carbons (Fsp3) is 0.562. The summed E-state index contributed by atoms with van der Waals surface area (Å²) in [6, 6.07) is 6.18. The number of hydrogen-bond acceptors (Lipinski definition) is 4. The van der Waals surface area contributed by atoms with Crippen LogP contribution in [0.3, 0.4) is 0 Å². The van der Waals surface area contributed by atoms with Gasteiger partial charge in [0, 0.05) is 39.1 Å². The molecule has 3 rings (SSSR count). The summed E-state index contributed by atoms with van der Waals surface area (Å²) < 4.78 is 5.25. The minimum Gasteiger partial charge on any atom is -0.459 e. The topological polar surface area (TPSA) is 41.6 Å². The molecule has 0 saturated carbocycles. The van der Waals surface area contributed by atoms with Crippen LogP contribution in [0.15, 0.2) is 18.2 Å². The molecule has 1 atom stereocenters. The number of benzene rings is 1. The zero-order chi connectivity index (χ0) is 13.9. The molecular formula is C16H23ClN2O2. The summed E-state index contributed by atoms with van der Waals surface area (Å²) in [5, 5.41) is 3.37.